The minimum absolute atomic E-state index is 0.340. The van der Waals surface area contributed by atoms with E-state index in [9.17, 15) is 19.5 Å². The van der Waals surface area contributed by atoms with E-state index in [4.69, 9.17) is 5.73 Å². The van der Waals surface area contributed by atoms with Crippen molar-refractivity contribution in [2.75, 3.05) is 5.32 Å². The monoisotopic (exact) mass is 363 g/mol. The van der Waals surface area contributed by atoms with Gasteiger partial charge in [0.15, 0.2) is 0 Å². The number of carbonyl (C=O) groups is 3. The molecule has 2 amide bonds. The molecule has 25 heavy (non-hydrogen) atoms. The van der Waals surface area contributed by atoms with E-state index in [0.717, 1.165) is 55.4 Å². The standard InChI is InChI=1S/C18H24N2O4S/c19-15(21)14-12-8-2-1-3-9-13(12)25-17(14)20-16(22)10-6-4-5-7-11(10)18(23)24/h10-11H,1-9H2,(H2,19,21)(H,20,22)(H,23,24)/p-1/t10-,11+/m1/s1. The third kappa shape index (κ3) is 3.71. The van der Waals surface area contributed by atoms with Crippen LogP contribution in [0.3, 0.4) is 0 Å². The summed E-state index contributed by atoms with van der Waals surface area (Å²) >= 11 is 1.41. The lowest BCUT2D eigenvalue weighted by Crippen LogP contribution is -2.42. The summed E-state index contributed by atoms with van der Waals surface area (Å²) in [5, 5.41) is 14.6. The molecule has 1 saturated carbocycles. The molecule has 1 heterocycles. The van der Waals surface area contributed by atoms with Gasteiger partial charge < -0.3 is 21.0 Å². The molecule has 0 aromatic carbocycles. The average molecular weight is 363 g/mol. The number of fused-ring (bicyclic) bond motifs is 1. The normalized spacial score (nSPS) is 23.4. The maximum absolute atomic E-state index is 12.7. The van der Waals surface area contributed by atoms with Crippen LogP contribution in [0.2, 0.25) is 0 Å². The molecular formula is C18H23N2O4S-. The number of nitrogens with one attached hydrogen (secondary N) is 1. The van der Waals surface area contributed by atoms with Gasteiger partial charge in [-0.1, -0.05) is 19.3 Å². The molecule has 0 radical (unpaired) electrons. The molecule has 7 heteroatoms. The van der Waals surface area contributed by atoms with Crippen molar-refractivity contribution < 1.29 is 19.5 Å². The smallest absolute Gasteiger partial charge is 0.251 e. The SMILES string of the molecule is NC(=O)c1c(NC(=O)[C@@H]2CCCC[C@@H]2C(=O)[O-])sc2c1CCCCC2. The summed E-state index contributed by atoms with van der Waals surface area (Å²) in [6.45, 7) is 0. The molecule has 3 rings (SSSR count). The second-order valence-electron chi connectivity index (χ2n) is 6.94. The molecule has 2 aliphatic rings. The molecule has 0 bridgehead atoms. The van der Waals surface area contributed by atoms with E-state index >= 15 is 0 Å². The molecule has 0 unspecified atom stereocenters. The highest BCUT2D eigenvalue weighted by Crippen LogP contribution is 2.38. The van der Waals surface area contributed by atoms with Crippen molar-refractivity contribution in [3.05, 3.63) is 16.0 Å². The van der Waals surface area contributed by atoms with Crippen LogP contribution in [0, 0.1) is 11.8 Å². The molecule has 0 aliphatic heterocycles. The minimum atomic E-state index is -1.17. The largest absolute Gasteiger partial charge is 0.550 e. The summed E-state index contributed by atoms with van der Waals surface area (Å²) in [4.78, 5) is 37.1. The van der Waals surface area contributed by atoms with Crippen molar-refractivity contribution in [3.63, 3.8) is 0 Å². The zero-order valence-corrected chi connectivity index (χ0v) is 15.0. The first-order chi connectivity index (χ1) is 12.0. The summed E-state index contributed by atoms with van der Waals surface area (Å²) in [6, 6.07) is 0. The van der Waals surface area contributed by atoms with Crippen molar-refractivity contribution in [2.45, 2.75) is 57.8 Å². The number of carboxylic acids is 1. The number of rotatable bonds is 4. The van der Waals surface area contributed by atoms with Gasteiger partial charge in [0.25, 0.3) is 5.91 Å². The maximum Gasteiger partial charge on any atom is 0.251 e. The minimum Gasteiger partial charge on any atom is -0.550 e. The van der Waals surface area contributed by atoms with Crippen LogP contribution in [0.5, 0.6) is 0 Å². The van der Waals surface area contributed by atoms with E-state index in [1.54, 1.807) is 0 Å². The number of hydrogen-bond acceptors (Lipinski definition) is 5. The number of anilines is 1. The van der Waals surface area contributed by atoms with Crippen LogP contribution in [0.25, 0.3) is 0 Å². The van der Waals surface area contributed by atoms with Gasteiger partial charge in [-0.05, 0) is 44.1 Å². The van der Waals surface area contributed by atoms with Crippen LogP contribution >= 0.6 is 11.3 Å². The molecule has 1 fully saturated rings. The van der Waals surface area contributed by atoms with E-state index in [1.807, 2.05) is 0 Å². The van der Waals surface area contributed by atoms with Gasteiger partial charge in [0.1, 0.15) is 5.00 Å². The summed E-state index contributed by atoms with van der Waals surface area (Å²) in [5.41, 5.74) is 6.95. The van der Waals surface area contributed by atoms with Gasteiger partial charge in [-0.2, -0.15) is 0 Å². The Morgan fingerprint density at radius 3 is 2.36 bits per heavy atom. The molecule has 1 aromatic heterocycles. The number of carboxylic acid groups (broad SMARTS) is 1. The fraction of sp³-hybridized carbons (Fsp3) is 0.611. The van der Waals surface area contributed by atoms with Crippen molar-refractivity contribution in [1.29, 1.82) is 0 Å². The Morgan fingerprint density at radius 2 is 1.68 bits per heavy atom. The first-order valence-electron chi connectivity index (χ1n) is 8.95. The van der Waals surface area contributed by atoms with Gasteiger partial charge in [0, 0.05) is 22.7 Å². The summed E-state index contributed by atoms with van der Waals surface area (Å²) in [6.07, 6.45) is 7.49. The molecule has 2 atom stereocenters. The van der Waals surface area contributed by atoms with Gasteiger partial charge in [-0.3, -0.25) is 9.59 Å². The molecule has 0 spiro atoms. The average Bonchev–Trinajstić information content (AvgIpc) is 2.76. The Kier molecular flexibility index (Phi) is 5.42. The highest BCUT2D eigenvalue weighted by molar-refractivity contribution is 7.17. The number of hydrogen-bond donors (Lipinski definition) is 2. The van der Waals surface area contributed by atoms with E-state index in [2.05, 4.69) is 5.32 Å². The molecule has 6 nitrogen and oxygen atoms in total. The van der Waals surface area contributed by atoms with Gasteiger partial charge in [0.2, 0.25) is 5.91 Å². The topological polar surface area (TPSA) is 112 Å². The van der Waals surface area contributed by atoms with E-state index in [-0.39, 0.29) is 5.91 Å². The molecule has 2 aliphatic carbocycles. The number of aliphatic carboxylic acids is 1. The Morgan fingerprint density at radius 1 is 1.00 bits per heavy atom. The van der Waals surface area contributed by atoms with Crippen LogP contribution in [-0.2, 0) is 22.4 Å². The Hall–Kier alpha value is -1.89. The molecular weight excluding hydrogens is 340 g/mol. The fourth-order valence-electron chi connectivity index (χ4n) is 4.02. The van der Waals surface area contributed by atoms with Crippen molar-refractivity contribution in [1.82, 2.24) is 0 Å². The quantitative estimate of drug-likeness (QED) is 0.791. The van der Waals surface area contributed by atoms with Crippen LogP contribution in [0.1, 0.15) is 65.7 Å². The number of nitrogens with two attached hydrogens (primary N) is 1. The van der Waals surface area contributed by atoms with Gasteiger partial charge >= 0.3 is 0 Å². The van der Waals surface area contributed by atoms with E-state index in [1.165, 1.54) is 11.3 Å². The first-order valence-corrected chi connectivity index (χ1v) is 9.76. The highest BCUT2D eigenvalue weighted by atomic mass is 32.1. The van der Waals surface area contributed by atoms with E-state index in [0.29, 0.717) is 23.4 Å². The Labute approximate surface area is 150 Å². The third-order valence-electron chi connectivity index (χ3n) is 5.31. The van der Waals surface area contributed by atoms with Gasteiger partial charge in [-0.25, -0.2) is 0 Å². The molecule has 1 aromatic rings. The Balaban J connectivity index is 1.85. The van der Waals surface area contributed by atoms with Crippen molar-refractivity contribution in [2.24, 2.45) is 17.6 Å². The lowest BCUT2D eigenvalue weighted by Gasteiger charge is -2.31. The maximum atomic E-state index is 12.7. The summed E-state index contributed by atoms with van der Waals surface area (Å²) in [5.74, 6) is -3.41. The molecule has 0 saturated heterocycles. The van der Waals surface area contributed by atoms with Crippen molar-refractivity contribution in [3.8, 4) is 0 Å². The number of amides is 2. The zero-order valence-electron chi connectivity index (χ0n) is 14.1. The first kappa shape index (κ1) is 17.9. The predicted molar refractivity (Wildman–Crippen MR) is 93.2 cm³/mol. The summed E-state index contributed by atoms with van der Waals surface area (Å²) < 4.78 is 0. The third-order valence-corrected chi connectivity index (χ3v) is 6.52. The second-order valence-corrected chi connectivity index (χ2v) is 8.04. The predicted octanol–water partition coefficient (Wildman–Crippen LogP) is 1.61. The zero-order chi connectivity index (χ0) is 18.0. The number of aryl methyl sites for hydroxylation is 1. The van der Waals surface area contributed by atoms with Gasteiger partial charge in [-0.15, -0.1) is 11.3 Å². The van der Waals surface area contributed by atoms with Crippen molar-refractivity contribution >= 4 is 34.1 Å². The summed E-state index contributed by atoms with van der Waals surface area (Å²) in [7, 11) is 0. The number of carbonyl (C=O) groups excluding carboxylic acids is 3. The van der Waals surface area contributed by atoms with Crippen LogP contribution in [0.4, 0.5) is 5.00 Å². The van der Waals surface area contributed by atoms with Crippen LogP contribution in [0.15, 0.2) is 0 Å². The molecule has 3 N–H and O–H groups in total. The lowest BCUT2D eigenvalue weighted by molar-refractivity contribution is -0.313. The van der Waals surface area contributed by atoms with Crippen LogP contribution in [-0.4, -0.2) is 17.8 Å². The second kappa shape index (κ2) is 7.56. The fourth-order valence-corrected chi connectivity index (χ4v) is 5.32. The Bertz CT molecular complexity index is 697. The van der Waals surface area contributed by atoms with E-state index < -0.39 is 23.7 Å². The number of thiophene rings is 1. The van der Waals surface area contributed by atoms with Crippen LogP contribution < -0.4 is 16.2 Å². The molecule has 136 valence electrons. The van der Waals surface area contributed by atoms with Gasteiger partial charge in [0.05, 0.1) is 5.56 Å². The lowest BCUT2D eigenvalue weighted by atomic mass is 9.79. The highest BCUT2D eigenvalue weighted by Gasteiger charge is 2.33. The number of primary amides is 1.